The second-order valence-corrected chi connectivity index (χ2v) is 10.4. The Morgan fingerprint density at radius 1 is 0.857 bits per heavy atom. The summed E-state index contributed by atoms with van der Waals surface area (Å²) >= 11 is 1.68. The predicted molar refractivity (Wildman–Crippen MR) is 143 cm³/mol. The average Bonchev–Trinajstić information content (AvgIpc) is 3.47. The molecule has 1 unspecified atom stereocenters. The summed E-state index contributed by atoms with van der Waals surface area (Å²) < 4.78 is 2.19. The smallest absolute Gasteiger partial charge is 0.201 e. The van der Waals surface area contributed by atoms with Crippen LogP contribution in [0, 0.1) is 0 Å². The first kappa shape index (κ1) is 23.4. The molecule has 178 valence electrons. The van der Waals surface area contributed by atoms with Crippen molar-refractivity contribution in [3.05, 3.63) is 90.0 Å². The Kier molecular flexibility index (Phi) is 5.61. The SMILES string of the molecule is CCC1=C(C)C2=NC1=CC1=CC(=C(O)C(C)(O)C1=O)C=C1N=C(C=c3ccc(s3)=C2)C(C)=C1CC. The first-order valence-electron chi connectivity index (χ1n) is 11.9. The van der Waals surface area contributed by atoms with Crippen molar-refractivity contribution in [1.29, 1.82) is 0 Å². The van der Waals surface area contributed by atoms with Crippen molar-refractivity contribution in [2.24, 2.45) is 9.98 Å². The van der Waals surface area contributed by atoms with E-state index < -0.39 is 11.4 Å². The van der Waals surface area contributed by atoms with E-state index in [0.29, 0.717) is 16.8 Å². The maximum Gasteiger partial charge on any atom is 0.201 e. The van der Waals surface area contributed by atoms with Gasteiger partial charge in [-0.2, -0.15) is 0 Å². The van der Waals surface area contributed by atoms with Crippen LogP contribution in [0.2, 0.25) is 0 Å². The summed E-state index contributed by atoms with van der Waals surface area (Å²) in [6.07, 6.45) is 10.8. The number of Topliss-reactive ketones (excluding diaryl/α,β-unsaturated/α-hetero) is 1. The van der Waals surface area contributed by atoms with Gasteiger partial charge in [0.05, 0.1) is 22.8 Å². The van der Waals surface area contributed by atoms with Crippen LogP contribution in [0.3, 0.4) is 0 Å². The highest BCUT2D eigenvalue weighted by Crippen LogP contribution is 2.36. The molecular formula is C29H28N2O3S. The number of hydrogen-bond acceptors (Lipinski definition) is 6. The molecule has 5 nitrogen and oxygen atoms in total. The predicted octanol–water partition coefficient (Wildman–Crippen LogP) is 4.52. The number of rotatable bonds is 2. The van der Waals surface area contributed by atoms with Gasteiger partial charge in [0.2, 0.25) is 5.78 Å². The standard InChI is InChI=1S/C29H28N2O3S/c1-6-21-15(3)23-13-19-8-9-20(35-19)14-24-16(4)22(7-2)26(31-24)12-18-10-17(11-25(21)30-23)27(32)29(5,34)28(18)33/h8-14,32,34H,6-7H2,1-5H3. The number of allylic oxidation sites excluding steroid dienone is 8. The van der Waals surface area contributed by atoms with Gasteiger partial charge in [-0.25, -0.2) is 9.98 Å². The Morgan fingerprint density at radius 2 is 1.37 bits per heavy atom. The van der Waals surface area contributed by atoms with Gasteiger partial charge in [-0.15, -0.1) is 11.3 Å². The molecule has 0 saturated carbocycles. The zero-order chi connectivity index (χ0) is 25.1. The number of fused-ring (bicyclic) bond motifs is 5. The highest BCUT2D eigenvalue weighted by atomic mass is 32.1. The molecule has 1 aromatic heterocycles. The lowest BCUT2D eigenvalue weighted by Gasteiger charge is -2.27. The topological polar surface area (TPSA) is 82.3 Å². The van der Waals surface area contributed by atoms with Gasteiger partial charge in [0.15, 0.2) is 5.60 Å². The Labute approximate surface area is 208 Å². The summed E-state index contributed by atoms with van der Waals surface area (Å²) in [6, 6.07) is 4.17. The molecule has 6 heteroatoms. The van der Waals surface area contributed by atoms with Crippen molar-refractivity contribution in [3.8, 4) is 0 Å². The minimum Gasteiger partial charge on any atom is -0.508 e. The second-order valence-electron chi connectivity index (χ2n) is 9.30. The van der Waals surface area contributed by atoms with Crippen molar-refractivity contribution >= 4 is 40.7 Å². The number of aliphatic imine (C=N–C) groups is 2. The molecule has 1 aliphatic carbocycles. The van der Waals surface area contributed by atoms with Gasteiger partial charge in [-0.3, -0.25) is 4.79 Å². The molecule has 1 atom stereocenters. The molecule has 4 heterocycles. The third kappa shape index (κ3) is 3.77. The summed E-state index contributed by atoms with van der Waals surface area (Å²) in [5.74, 6) is -0.922. The Morgan fingerprint density at radius 3 is 1.89 bits per heavy atom. The molecule has 5 rings (SSSR count). The highest BCUT2D eigenvalue weighted by molar-refractivity contribution is 7.08. The maximum absolute atomic E-state index is 13.2. The number of nitrogens with zero attached hydrogens (tertiary/aromatic N) is 2. The van der Waals surface area contributed by atoms with Gasteiger partial charge in [0, 0.05) is 20.2 Å². The number of hydrogen-bond donors (Lipinski definition) is 2. The van der Waals surface area contributed by atoms with Crippen LogP contribution in [0.25, 0.3) is 12.2 Å². The van der Waals surface area contributed by atoms with Crippen molar-refractivity contribution in [3.63, 3.8) is 0 Å². The third-order valence-electron chi connectivity index (χ3n) is 7.02. The quantitative estimate of drug-likeness (QED) is 0.647. The molecule has 0 fully saturated rings. The van der Waals surface area contributed by atoms with Gasteiger partial charge in [-0.05, 0) is 98.4 Å². The Bertz CT molecular complexity index is 1560. The van der Waals surface area contributed by atoms with Crippen LogP contribution in [-0.4, -0.2) is 33.0 Å². The van der Waals surface area contributed by atoms with Gasteiger partial charge < -0.3 is 10.2 Å². The van der Waals surface area contributed by atoms with Crippen LogP contribution in [-0.2, 0) is 4.79 Å². The number of carbonyl (C=O) groups excluding carboxylic acids is 1. The lowest BCUT2D eigenvalue weighted by Crippen LogP contribution is -2.40. The lowest BCUT2D eigenvalue weighted by molar-refractivity contribution is -0.130. The van der Waals surface area contributed by atoms with Gasteiger partial charge in [-0.1, -0.05) is 13.8 Å². The Balaban J connectivity index is 1.85. The fourth-order valence-electron chi connectivity index (χ4n) is 4.94. The van der Waals surface area contributed by atoms with E-state index in [1.54, 1.807) is 29.6 Å². The number of thiophene rings is 1. The molecule has 0 radical (unpaired) electrons. The molecule has 2 N–H and O–H groups in total. The molecule has 8 bridgehead atoms. The van der Waals surface area contributed by atoms with E-state index in [4.69, 9.17) is 9.98 Å². The number of aliphatic hydroxyl groups is 2. The first-order valence-corrected chi connectivity index (χ1v) is 12.7. The van der Waals surface area contributed by atoms with Crippen LogP contribution >= 0.6 is 11.3 Å². The van der Waals surface area contributed by atoms with E-state index in [-0.39, 0.29) is 5.76 Å². The summed E-state index contributed by atoms with van der Waals surface area (Å²) in [5.41, 5.74) is 6.13. The van der Waals surface area contributed by atoms with E-state index in [1.165, 1.54) is 6.92 Å². The fraction of sp³-hybridized carbons (Fsp3) is 0.276. The van der Waals surface area contributed by atoms with Crippen molar-refractivity contribution in [2.45, 2.75) is 53.1 Å². The van der Waals surface area contributed by atoms with Crippen molar-refractivity contribution in [2.75, 3.05) is 0 Å². The molecule has 0 aromatic carbocycles. The highest BCUT2D eigenvalue weighted by Gasteiger charge is 2.41. The molecule has 35 heavy (non-hydrogen) atoms. The third-order valence-corrected chi connectivity index (χ3v) is 8.00. The normalized spacial score (nSPS) is 24.1. The minimum atomic E-state index is -2.03. The molecule has 4 aliphatic rings. The zero-order valence-corrected chi connectivity index (χ0v) is 21.4. The number of ketones is 1. The fourth-order valence-corrected chi connectivity index (χ4v) is 5.83. The van der Waals surface area contributed by atoms with E-state index in [0.717, 1.165) is 61.3 Å². The molecule has 0 spiro atoms. The molecular weight excluding hydrogens is 456 g/mol. The van der Waals surface area contributed by atoms with Gasteiger partial charge >= 0.3 is 0 Å². The van der Waals surface area contributed by atoms with E-state index in [2.05, 4.69) is 45.1 Å². The molecule has 0 amide bonds. The van der Waals surface area contributed by atoms with Crippen LogP contribution < -0.4 is 9.06 Å². The molecule has 1 aromatic rings. The Hall–Kier alpha value is -3.35. The van der Waals surface area contributed by atoms with Crippen LogP contribution in [0.5, 0.6) is 0 Å². The van der Waals surface area contributed by atoms with E-state index >= 15 is 0 Å². The first-order chi connectivity index (χ1) is 16.6. The minimum absolute atomic E-state index is 0.302. The second kappa shape index (κ2) is 8.40. The lowest BCUT2D eigenvalue weighted by atomic mass is 9.83. The molecule has 3 aliphatic heterocycles. The van der Waals surface area contributed by atoms with Crippen LogP contribution in [0.15, 0.2) is 90.9 Å². The van der Waals surface area contributed by atoms with Gasteiger partial charge in [0.25, 0.3) is 0 Å². The maximum atomic E-state index is 13.2. The van der Waals surface area contributed by atoms with Crippen molar-refractivity contribution < 1.29 is 15.0 Å². The summed E-state index contributed by atoms with van der Waals surface area (Å²) in [5, 5.41) is 21.9. The van der Waals surface area contributed by atoms with E-state index in [1.807, 2.05) is 6.92 Å². The largest absolute Gasteiger partial charge is 0.508 e. The number of aliphatic hydroxyl groups excluding tert-OH is 1. The number of carbonyl (C=O) groups is 1. The van der Waals surface area contributed by atoms with Crippen molar-refractivity contribution in [1.82, 2.24) is 0 Å². The van der Waals surface area contributed by atoms with Crippen LogP contribution in [0.4, 0.5) is 0 Å². The average molecular weight is 485 g/mol. The summed E-state index contributed by atoms with van der Waals surface area (Å²) in [6.45, 7) is 9.57. The zero-order valence-electron chi connectivity index (χ0n) is 20.6. The molecule has 0 saturated heterocycles. The van der Waals surface area contributed by atoms with E-state index in [9.17, 15) is 15.0 Å². The van der Waals surface area contributed by atoms with Crippen LogP contribution in [0.1, 0.15) is 47.5 Å². The summed E-state index contributed by atoms with van der Waals surface area (Å²) in [4.78, 5) is 22.9. The monoisotopic (exact) mass is 484 g/mol. The summed E-state index contributed by atoms with van der Waals surface area (Å²) in [7, 11) is 0. The van der Waals surface area contributed by atoms with Gasteiger partial charge in [0.1, 0.15) is 5.76 Å².